The number of aromatic nitrogens is 3. The molecule has 0 fully saturated rings. The zero-order valence-electron chi connectivity index (χ0n) is 19.4. The second-order valence-corrected chi connectivity index (χ2v) is 7.91. The normalized spacial score (nSPS) is 11.3. The molecule has 0 amide bonds. The average Bonchev–Trinajstić information content (AvgIpc) is 3.50. The second-order valence-electron chi connectivity index (χ2n) is 7.91. The van der Waals surface area contributed by atoms with Crippen LogP contribution in [0.1, 0.15) is 33.2 Å². The molecule has 0 saturated carbocycles. The van der Waals surface area contributed by atoms with Gasteiger partial charge >= 0.3 is 5.97 Å². The Balaban J connectivity index is 1.60. The first-order chi connectivity index (χ1) is 16.3. The van der Waals surface area contributed by atoms with Gasteiger partial charge in [0.1, 0.15) is 11.4 Å². The number of hydrogen-bond acceptors (Lipinski definition) is 5. The number of rotatable bonds is 7. The third-order valence-corrected chi connectivity index (χ3v) is 5.75. The minimum Gasteiger partial charge on any atom is -0.465 e. The van der Waals surface area contributed by atoms with E-state index < -0.39 is 12.6 Å². The lowest BCUT2D eigenvalue weighted by Crippen LogP contribution is -2.22. The molecule has 4 aromatic rings. The molecule has 8 heteroatoms. The van der Waals surface area contributed by atoms with Crippen molar-refractivity contribution in [2.45, 2.75) is 20.8 Å². The van der Waals surface area contributed by atoms with Crippen LogP contribution in [0, 0.1) is 20.8 Å². The van der Waals surface area contributed by atoms with Crippen LogP contribution in [0.25, 0.3) is 17.5 Å². The molecular formula is C26H25N3O5. The number of hydrogen-bond donors (Lipinski definition) is 0. The summed E-state index contributed by atoms with van der Waals surface area (Å²) in [5.74, 6) is -0.495. The van der Waals surface area contributed by atoms with Crippen molar-refractivity contribution >= 4 is 17.8 Å². The third-order valence-electron chi connectivity index (χ3n) is 5.75. The van der Waals surface area contributed by atoms with Crippen LogP contribution in [0.3, 0.4) is 0 Å². The average molecular weight is 460 g/mol. The van der Waals surface area contributed by atoms with Crippen molar-refractivity contribution in [2.75, 3.05) is 6.61 Å². The van der Waals surface area contributed by atoms with E-state index in [2.05, 4.69) is 0 Å². The molecule has 0 saturated heterocycles. The van der Waals surface area contributed by atoms with Gasteiger partial charge in [-0.1, -0.05) is 18.2 Å². The Kier molecular flexibility index (Phi) is 6.23. The molecular weight excluding hydrogens is 434 g/mol. The van der Waals surface area contributed by atoms with Gasteiger partial charge in [0.05, 0.1) is 17.6 Å². The van der Waals surface area contributed by atoms with Gasteiger partial charge in [-0.3, -0.25) is 14.3 Å². The van der Waals surface area contributed by atoms with Crippen LogP contribution in [0.2, 0.25) is 0 Å². The van der Waals surface area contributed by atoms with Gasteiger partial charge in [-0.05, 0) is 57.2 Å². The Morgan fingerprint density at radius 1 is 1.03 bits per heavy atom. The minimum atomic E-state index is -0.650. The molecule has 0 aliphatic heterocycles. The first-order valence-electron chi connectivity index (χ1n) is 10.7. The molecule has 0 atom stereocenters. The van der Waals surface area contributed by atoms with Gasteiger partial charge in [-0.15, -0.1) is 0 Å². The summed E-state index contributed by atoms with van der Waals surface area (Å²) in [6.07, 6.45) is 4.16. The zero-order valence-corrected chi connectivity index (χ0v) is 19.4. The van der Waals surface area contributed by atoms with Crippen molar-refractivity contribution in [2.24, 2.45) is 7.05 Å². The summed E-state index contributed by atoms with van der Waals surface area (Å²) in [5, 5.41) is 0. The minimum absolute atomic E-state index is 0.193. The van der Waals surface area contributed by atoms with E-state index in [-0.39, 0.29) is 11.3 Å². The Morgan fingerprint density at radius 2 is 1.76 bits per heavy atom. The Morgan fingerprint density at radius 3 is 2.44 bits per heavy atom. The number of furan rings is 1. The quantitative estimate of drug-likeness (QED) is 0.237. The molecule has 0 N–H and O–H groups in total. The molecule has 1 aromatic carbocycles. The summed E-state index contributed by atoms with van der Waals surface area (Å²) in [5.41, 5.74) is 3.52. The van der Waals surface area contributed by atoms with Gasteiger partial charge < -0.3 is 13.7 Å². The van der Waals surface area contributed by atoms with Crippen LogP contribution in [-0.2, 0) is 16.6 Å². The highest BCUT2D eigenvalue weighted by atomic mass is 16.5. The van der Waals surface area contributed by atoms with Crippen molar-refractivity contribution < 1.29 is 18.7 Å². The summed E-state index contributed by atoms with van der Waals surface area (Å²) < 4.78 is 15.4. The number of nitrogens with zero attached hydrogens (tertiary/aromatic N) is 3. The van der Waals surface area contributed by atoms with Crippen molar-refractivity contribution in [3.05, 3.63) is 99.6 Å². The van der Waals surface area contributed by atoms with Crippen molar-refractivity contribution in [1.29, 1.82) is 0 Å². The topological polar surface area (TPSA) is 88.4 Å². The van der Waals surface area contributed by atoms with Gasteiger partial charge in [0.25, 0.3) is 5.56 Å². The van der Waals surface area contributed by atoms with E-state index in [1.807, 2.05) is 51.2 Å². The molecule has 0 radical (unpaired) electrons. The second kappa shape index (κ2) is 9.27. The summed E-state index contributed by atoms with van der Waals surface area (Å²) in [7, 11) is 1.82. The predicted molar refractivity (Wildman–Crippen MR) is 128 cm³/mol. The number of para-hydroxylation sites is 1. The standard InChI is InChI=1S/C26H25N3O5/c1-17-15-22(23(30)16-34-24(31)13-12-21-11-8-14-33-21)18(2)28(17)25-19(3)27(4)29(26(25)32)20-9-6-5-7-10-20/h5-15H,16H2,1-4H3. The third kappa shape index (κ3) is 4.17. The number of esters is 1. The van der Waals surface area contributed by atoms with Crippen molar-refractivity contribution in [3.63, 3.8) is 0 Å². The maximum atomic E-state index is 13.4. The number of carbonyl (C=O) groups is 2. The summed E-state index contributed by atoms with van der Waals surface area (Å²) in [6, 6.07) is 14.5. The fraction of sp³-hybridized carbons (Fsp3) is 0.192. The molecule has 3 aromatic heterocycles. The molecule has 0 bridgehead atoms. The van der Waals surface area contributed by atoms with Gasteiger partial charge in [0, 0.05) is 30.1 Å². The van der Waals surface area contributed by atoms with Crippen LogP contribution in [0.4, 0.5) is 0 Å². The van der Waals surface area contributed by atoms with E-state index in [1.54, 1.807) is 39.1 Å². The SMILES string of the molecule is Cc1cc(C(=O)COC(=O)C=Cc2ccco2)c(C)n1-c1c(C)n(C)n(-c2ccccc2)c1=O. The smallest absolute Gasteiger partial charge is 0.331 e. The fourth-order valence-corrected chi connectivity index (χ4v) is 4.00. The molecule has 34 heavy (non-hydrogen) atoms. The van der Waals surface area contributed by atoms with E-state index in [0.717, 1.165) is 17.1 Å². The predicted octanol–water partition coefficient (Wildman–Crippen LogP) is 3.92. The van der Waals surface area contributed by atoms with Crippen LogP contribution < -0.4 is 5.56 Å². The van der Waals surface area contributed by atoms with Crippen LogP contribution in [-0.4, -0.2) is 32.3 Å². The highest BCUT2D eigenvalue weighted by Gasteiger charge is 2.24. The highest BCUT2D eigenvalue weighted by Crippen LogP contribution is 2.23. The lowest BCUT2D eigenvalue weighted by atomic mass is 10.1. The summed E-state index contributed by atoms with van der Waals surface area (Å²) in [4.78, 5) is 38.2. The van der Waals surface area contributed by atoms with Crippen molar-refractivity contribution in [3.8, 4) is 11.4 Å². The van der Waals surface area contributed by atoms with E-state index in [1.165, 1.54) is 18.4 Å². The number of ketones is 1. The number of carbonyl (C=O) groups excluding carboxylic acids is 2. The van der Waals surface area contributed by atoms with Crippen LogP contribution >= 0.6 is 0 Å². The summed E-state index contributed by atoms with van der Waals surface area (Å²) >= 11 is 0. The van der Waals surface area contributed by atoms with Gasteiger partial charge in [-0.2, -0.15) is 0 Å². The monoisotopic (exact) mass is 459 g/mol. The maximum Gasteiger partial charge on any atom is 0.331 e. The van der Waals surface area contributed by atoms with E-state index in [0.29, 0.717) is 22.7 Å². The van der Waals surface area contributed by atoms with Gasteiger partial charge in [-0.25, -0.2) is 9.48 Å². The van der Waals surface area contributed by atoms with E-state index in [9.17, 15) is 14.4 Å². The molecule has 0 aliphatic rings. The number of benzene rings is 1. The molecule has 0 spiro atoms. The molecule has 8 nitrogen and oxygen atoms in total. The Labute approximate surface area is 196 Å². The molecule has 0 unspecified atom stereocenters. The Hall–Kier alpha value is -4.33. The first kappa shape index (κ1) is 22.8. The molecule has 3 heterocycles. The largest absolute Gasteiger partial charge is 0.465 e. The Bertz CT molecular complexity index is 1430. The van der Waals surface area contributed by atoms with Crippen molar-refractivity contribution in [1.82, 2.24) is 13.9 Å². The lowest BCUT2D eigenvalue weighted by Gasteiger charge is -2.08. The van der Waals surface area contributed by atoms with Gasteiger partial charge in [0.15, 0.2) is 6.61 Å². The van der Waals surface area contributed by atoms with Crippen LogP contribution in [0.5, 0.6) is 0 Å². The maximum absolute atomic E-state index is 13.4. The summed E-state index contributed by atoms with van der Waals surface area (Å²) in [6.45, 7) is 5.07. The molecule has 174 valence electrons. The first-order valence-corrected chi connectivity index (χ1v) is 10.7. The number of ether oxygens (including phenoxy) is 1. The fourth-order valence-electron chi connectivity index (χ4n) is 4.00. The lowest BCUT2D eigenvalue weighted by molar-refractivity contribution is -0.136. The van der Waals surface area contributed by atoms with E-state index >= 15 is 0 Å². The van der Waals surface area contributed by atoms with Crippen LogP contribution in [0.15, 0.2) is 70.1 Å². The number of aryl methyl sites for hydroxylation is 1. The molecule has 0 aliphatic carbocycles. The van der Waals surface area contributed by atoms with E-state index in [4.69, 9.17) is 9.15 Å². The number of Topliss-reactive ketones (excluding diaryl/α,β-unsaturated/α-hetero) is 1. The highest BCUT2D eigenvalue weighted by molar-refractivity contribution is 6.00. The molecule has 4 rings (SSSR count). The zero-order chi connectivity index (χ0) is 24.4. The van der Waals surface area contributed by atoms with Gasteiger partial charge in [0.2, 0.25) is 5.78 Å².